The fourth-order valence-electron chi connectivity index (χ4n) is 3.11. The summed E-state index contributed by atoms with van der Waals surface area (Å²) in [5, 5.41) is 7.70. The van der Waals surface area contributed by atoms with Gasteiger partial charge in [-0.2, -0.15) is 13.2 Å². The van der Waals surface area contributed by atoms with E-state index in [1.165, 1.54) is 36.4 Å². The number of hydrogen-bond donors (Lipinski definition) is 3. The van der Waals surface area contributed by atoms with Crippen LogP contribution in [0.5, 0.6) is 5.75 Å². The molecule has 3 rings (SSSR count). The molecule has 3 aromatic rings. The van der Waals surface area contributed by atoms with Gasteiger partial charge in [0.2, 0.25) is 5.91 Å². The van der Waals surface area contributed by atoms with E-state index in [0.29, 0.717) is 6.54 Å². The SMILES string of the molecule is CC(NC(=O)c1ccc(OCC(=O)Nc2cccc(C(F)(F)F)c2)cc1)C(=O)NCc1ccccc1. The Morgan fingerprint density at radius 1 is 0.917 bits per heavy atom. The maximum Gasteiger partial charge on any atom is 0.416 e. The maximum atomic E-state index is 12.8. The van der Waals surface area contributed by atoms with Crippen LogP contribution >= 0.6 is 0 Å². The Morgan fingerprint density at radius 3 is 2.28 bits per heavy atom. The molecular formula is C26H24F3N3O4. The van der Waals surface area contributed by atoms with E-state index in [9.17, 15) is 27.6 Å². The zero-order valence-corrected chi connectivity index (χ0v) is 19.3. The van der Waals surface area contributed by atoms with Crippen molar-refractivity contribution in [2.45, 2.75) is 25.7 Å². The summed E-state index contributed by atoms with van der Waals surface area (Å²) in [5.41, 5.74) is 0.326. The maximum absolute atomic E-state index is 12.8. The number of ether oxygens (including phenoxy) is 1. The van der Waals surface area contributed by atoms with E-state index in [4.69, 9.17) is 4.74 Å². The molecular weight excluding hydrogens is 475 g/mol. The molecule has 1 atom stereocenters. The zero-order chi connectivity index (χ0) is 26.1. The van der Waals surface area contributed by atoms with Crippen LogP contribution in [0.2, 0.25) is 0 Å². The number of nitrogens with one attached hydrogen (secondary N) is 3. The predicted octanol–water partition coefficient (Wildman–Crippen LogP) is 4.16. The van der Waals surface area contributed by atoms with E-state index in [1.54, 1.807) is 6.92 Å². The van der Waals surface area contributed by atoms with Crippen LogP contribution in [0.15, 0.2) is 78.9 Å². The van der Waals surface area contributed by atoms with E-state index < -0.39 is 36.2 Å². The highest BCUT2D eigenvalue weighted by Crippen LogP contribution is 2.30. The minimum atomic E-state index is -4.52. The molecule has 0 aromatic heterocycles. The van der Waals surface area contributed by atoms with Crippen molar-refractivity contribution >= 4 is 23.4 Å². The van der Waals surface area contributed by atoms with Crippen LogP contribution in [0, 0.1) is 0 Å². The Kier molecular flexibility index (Phi) is 8.66. The summed E-state index contributed by atoms with van der Waals surface area (Å²) in [4.78, 5) is 36.7. The van der Waals surface area contributed by atoms with Crippen molar-refractivity contribution in [2.24, 2.45) is 0 Å². The molecule has 0 aliphatic rings. The summed E-state index contributed by atoms with van der Waals surface area (Å²) in [6.07, 6.45) is -4.52. The van der Waals surface area contributed by atoms with Gasteiger partial charge < -0.3 is 20.7 Å². The first kappa shape index (κ1) is 26.3. The summed E-state index contributed by atoms with van der Waals surface area (Å²) in [6.45, 7) is 1.46. The normalized spacial score (nSPS) is 11.8. The lowest BCUT2D eigenvalue weighted by atomic mass is 10.2. The third kappa shape index (κ3) is 7.86. The molecule has 36 heavy (non-hydrogen) atoms. The average Bonchev–Trinajstić information content (AvgIpc) is 2.86. The van der Waals surface area contributed by atoms with Gasteiger partial charge in [-0.05, 0) is 55.0 Å². The molecule has 0 bridgehead atoms. The Bertz CT molecular complexity index is 1200. The molecule has 0 saturated carbocycles. The monoisotopic (exact) mass is 499 g/mol. The third-order valence-electron chi connectivity index (χ3n) is 5.01. The molecule has 3 aromatic carbocycles. The van der Waals surface area contributed by atoms with Crippen LogP contribution in [0.1, 0.15) is 28.4 Å². The predicted molar refractivity (Wildman–Crippen MR) is 127 cm³/mol. The van der Waals surface area contributed by atoms with Crippen molar-refractivity contribution in [2.75, 3.05) is 11.9 Å². The smallest absolute Gasteiger partial charge is 0.416 e. The van der Waals surface area contributed by atoms with Crippen molar-refractivity contribution in [3.63, 3.8) is 0 Å². The second-order valence-electron chi connectivity index (χ2n) is 7.84. The summed E-state index contributed by atoms with van der Waals surface area (Å²) in [7, 11) is 0. The Balaban J connectivity index is 1.45. The van der Waals surface area contributed by atoms with Crippen molar-refractivity contribution in [1.29, 1.82) is 0 Å². The molecule has 0 fully saturated rings. The van der Waals surface area contributed by atoms with Crippen molar-refractivity contribution in [3.05, 3.63) is 95.6 Å². The second kappa shape index (κ2) is 11.9. The lowest BCUT2D eigenvalue weighted by Gasteiger charge is -2.14. The van der Waals surface area contributed by atoms with Gasteiger partial charge in [-0.15, -0.1) is 0 Å². The lowest BCUT2D eigenvalue weighted by molar-refractivity contribution is -0.137. The van der Waals surface area contributed by atoms with Crippen LogP contribution in [-0.2, 0) is 22.3 Å². The lowest BCUT2D eigenvalue weighted by Crippen LogP contribution is -2.44. The standard InChI is InChI=1S/C26H24F3N3O4/c1-17(24(34)30-15-18-6-3-2-4-7-18)31-25(35)19-10-12-22(13-11-19)36-16-23(33)32-21-9-5-8-20(14-21)26(27,28)29/h2-14,17H,15-16H2,1H3,(H,30,34)(H,31,35)(H,32,33). The average molecular weight is 499 g/mol. The number of anilines is 1. The molecule has 0 heterocycles. The largest absolute Gasteiger partial charge is 0.484 e. The number of benzene rings is 3. The van der Waals surface area contributed by atoms with Crippen LogP contribution in [0.4, 0.5) is 18.9 Å². The summed E-state index contributed by atoms with van der Waals surface area (Å²) >= 11 is 0. The van der Waals surface area contributed by atoms with Gasteiger partial charge in [-0.25, -0.2) is 0 Å². The van der Waals surface area contributed by atoms with Gasteiger partial charge in [-0.3, -0.25) is 14.4 Å². The molecule has 1 unspecified atom stereocenters. The fraction of sp³-hybridized carbons (Fsp3) is 0.192. The molecule has 7 nitrogen and oxygen atoms in total. The number of halogens is 3. The van der Waals surface area contributed by atoms with Gasteiger partial charge in [0.1, 0.15) is 11.8 Å². The first-order chi connectivity index (χ1) is 17.1. The van der Waals surface area contributed by atoms with Crippen LogP contribution in [0.25, 0.3) is 0 Å². The minimum Gasteiger partial charge on any atom is -0.484 e. The third-order valence-corrected chi connectivity index (χ3v) is 5.01. The van der Waals surface area contributed by atoms with E-state index in [1.807, 2.05) is 30.3 Å². The fourth-order valence-corrected chi connectivity index (χ4v) is 3.11. The quantitative estimate of drug-likeness (QED) is 0.412. The zero-order valence-electron chi connectivity index (χ0n) is 19.3. The van der Waals surface area contributed by atoms with Gasteiger partial charge in [0, 0.05) is 17.8 Å². The number of carbonyl (C=O) groups excluding carboxylic acids is 3. The molecule has 0 aliphatic heterocycles. The minimum absolute atomic E-state index is 0.00707. The van der Waals surface area contributed by atoms with E-state index >= 15 is 0 Å². The van der Waals surface area contributed by atoms with Gasteiger partial charge in [0.05, 0.1) is 5.56 Å². The second-order valence-corrected chi connectivity index (χ2v) is 7.84. The summed E-state index contributed by atoms with van der Waals surface area (Å²) < 4.78 is 43.7. The summed E-state index contributed by atoms with van der Waals surface area (Å²) in [6, 6.07) is 18.7. The molecule has 0 radical (unpaired) electrons. The Labute approximate surface area is 205 Å². The van der Waals surface area contributed by atoms with Crippen LogP contribution in [-0.4, -0.2) is 30.4 Å². The van der Waals surface area contributed by atoms with Crippen LogP contribution < -0.4 is 20.7 Å². The molecule has 0 spiro atoms. The molecule has 188 valence electrons. The van der Waals surface area contributed by atoms with E-state index in [-0.39, 0.29) is 22.9 Å². The number of rotatable bonds is 9. The molecule has 10 heteroatoms. The number of amides is 3. The van der Waals surface area contributed by atoms with Gasteiger partial charge in [-0.1, -0.05) is 36.4 Å². The number of carbonyl (C=O) groups is 3. The Hall–Kier alpha value is -4.34. The first-order valence-electron chi connectivity index (χ1n) is 10.9. The Morgan fingerprint density at radius 2 is 1.61 bits per heavy atom. The number of hydrogen-bond acceptors (Lipinski definition) is 4. The molecule has 0 aliphatic carbocycles. The first-order valence-corrected chi connectivity index (χ1v) is 10.9. The molecule has 3 N–H and O–H groups in total. The highest BCUT2D eigenvalue weighted by Gasteiger charge is 2.30. The van der Waals surface area contributed by atoms with Crippen LogP contribution in [0.3, 0.4) is 0 Å². The van der Waals surface area contributed by atoms with E-state index in [0.717, 1.165) is 17.7 Å². The topological polar surface area (TPSA) is 96.5 Å². The molecule has 3 amide bonds. The van der Waals surface area contributed by atoms with Crippen molar-refractivity contribution < 1.29 is 32.3 Å². The van der Waals surface area contributed by atoms with Crippen molar-refractivity contribution in [1.82, 2.24) is 10.6 Å². The van der Waals surface area contributed by atoms with E-state index in [2.05, 4.69) is 16.0 Å². The van der Waals surface area contributed by atoms with Gasteiger partial charge in [0.15, 0.2) is 6.61 Å². The molecule has 0 saturated heterocycles. The highest BCUT2D eigenvalue weighted by atomic mass is 19.4. The summed E-state index contributed by atoms with van der Waals surface area (Å²) in [5.74, 6) is -1.17. The van der Waals surface area contributed by atoms with Crippen molar-refractivity contribution in [3.8, 4) is 5.75 Å². The highest BCUT2D eigenvalue weighted by molar-refractivity contribution is 5.97. The number of alkyl halides is 3. The van der Waals surface area contributed by atoms with Gasteiger partial charge in [0.25, 0.3) is 11.8 Å². The van der Waals surface area contributed by atoms with Gasteiger partial charge >= 0.3 is 6.18 Å².